The Hall–Kier alpha value is -1.96. The topological polar surface area (TPSA) is 29.5 Å². The number of phenolic OH excluding ortho intramolecular Hbond substituents is 1. The summed E-state index contributed by atoms with van der Waals surface area (Å²) < 4.78 is 5.63. The number of phenols is 1. The average molecular weight is 226 g/mol. The Morgan fingerprint density at radius 2 is 1.65 bits per heavy atom. The van der Waals surface area contributed by atoms with Gasteiger partial charge >= 0.3 is 0 Å². The monoisotopic (exact) mass is 226 g/mol. The van der Waals surface area contributed by atoms with Gasteiger partial charge in [0, 0.05) is 17.0 Å². The first kappa shape index (κ1) is 10.2. The number of rotatable bonds is 1. The summed E-state index contributed by atoms with van der Waals surface area (Å²) in [5.41, 5.74) is 2.16. The lowest BCUT2D eigenvalue weighted by atomic mass is 9.86. The minimum Gasteiger partial charge on any atom is -0.508 e. The Balaban J connectivity index is 2.09. The molecule has 1 aliphatic rings. The van der Waals surface area contributed by atoms with Gasteiger partial charge in [0.2, 0.25) is 0 Å². The van der Waals surface area contributed by atoms with E-state index < -0.39 is 0 Å². The van der Waals surface area contributed by atoms with Crippen LogP contribution in [0.2, 0.25) is 0 Å². The number of para-hydroxylation sites is 2. The molecule has 1 aliphatic heterocycles. The number of aromatic hydroxyl groups is 1. The van der Waals surface area contributed by atoms with Gasteiger partial charge in [-0.1, -0.05) is 36.4 Å². The summed E-state index contributed by atoms with van der Waals surface area (Å²) in [5.74, 6) is 1.54. The Morgan fingerprint density at radius 3 is 2.47 bits per heavy atom. The van der Waals surface area contributed by atoms with Gasteiger partial charge in [0.05, 0.1) is 6.61 Å². The fourth-order valence-electron chi connectivity index (χ4n) is 2.45. The largest absolute Gasteiger partial charge is 0.508 e. The molecule has 1 unspecified atom stereocenters. The SMILES string of the molecule is Oc1ccccc1C1CCOc2ccccc21. The van der Waals surface area contributed by atoms with E-state index in [0.29, 0.717) is 12.4 Å². The first-order chi connectivity index (χ1) is 8.36. The van der Waals surface area contributed by atoms with Gasteiger partial charge in [0.25, 0.3) is 0 Å². The third kappa shape index (κ3) is 1.76. The molecule has 0 amide bonds. The van der Waals surface area contributed by atoms with Gasteiger partial charge in [0.1, 0.15) is 11.5 Å². The van der Waals surface area contributed by atoms with Crippen LogP contribution in [0.15, 0.2) is 48.5 Å². The highest BCUT2D eigenvalue weighted by molar-refractivity contribution is 5.47. The van der Waals surface area contributed by atoms with E-state index in [-0.39, 0.29) is 5.92 Å². The molecule has 0 bridgehead atoms. The Morgan fingerprint density at radius 1 is 0.941 bits per heavy atom. The minimum absolute atomic E-state index is 0.237. The van der Waals surface area contributed by atoms with Crippen molar-refractivity contribution in [3.05, 3.63) is 59.7 Å². The van der Waals surface area contributed by atoms with Crippen molar-refractivity contribution in [1.82, 2.24) is 0 Å². The molecule has 2 heteroatoms. The summed E-state index contributed by atoms with van der Waals surface area (Å²) in [6.07, 6.45) is 0.911. The number of hydrogen-bond acceptors (Lipinski definition) is 2. The van der Waals surface area contributed by atoms with Gasteiger partial charge in [-0.15, -0.1) is 0 Å². The quantitative estimate of drug-likeness (QED) is 0.808. The number of hydrogen-bond donors (Lipinski definition) is 1. The Labute approximate surface area is 100 Å². The van der Waals surface area contributed by atoms with Crippen molar-refractivity contribution in [3.8, 4) is 11.5 Å². The molecular weight excluding hydrogens is 212 g/mol. The molecule has 0 aliphatic carbocycles. The van der Waals surface area contributed by atoms with Crippen molar-refractivity contribution in [2.45, 2.75) is 12.3 Å². The summed E-state index contributed by atoms with van der Waals surface area (Å²) in [5, 5.41) is 9.95. The van der Waals surface area contributed by atoms with E-state index in [1.165, 1.54) is 5.56 Å². The smallest absolute Gasteiger partial charge is 0.123 e. The van der Waals surface area contributed by atoms with Crippen LogP contribution in [0.25, 0.3) is 0 Å². The minimum atomic E-state index is 0.237. The van der Waals surface area contributed by atoms with Crippen molar-refractivity contribution in [3.63, 3.8) is 0 Å². The maximum atomic E-state index is 9.95. The zero-order valence-electron chi connectivity index (χ0n) is 9.47. The van der Waals surface area contributed by atoms with Gasteiger partial charge in [-0.3, -0.25) is 0 Å². The van der Waals surface area contributed by atoms with E-state index in [1.54, 1.807) is 6.07 Å². The molecule has 17 heavy (non-hydrogen) atoms. The summed E-state index contributed by atoms with van der Waals surface area (Å²) >= 11 is 0. The van der Waals surface area contributed by atoms with Crippen LogP contribution in [0.5, 0.6) is 11.5 Å². The number of fused-ring (bicyclic) bond motifs is 1. The van der Waals surface area contributed by atoms with Crippen molar-refractivity contribution in [1.29, 1.82) is 0 Å². The number of benzene rings is 2. The zero-order chi connectivity index (χ0) is 11.7. The highest BCUT2D eigenvalue weighted by Gasteiger charge is 2.24. The summed E-state index contributed by atoms with van der Waals surface area (Å²) in [6, 6.07) is 15.6. The maximum absolute atomic E-state index is 9.95. The van der Waals surface area contributed by atoms with E-state index >= 15 is 0 Å². The summed E-state index contributed by atoms with van der Waals surface area (Å²) in [4.78, 5) is 0. The van der Waals surface area contributed by atoms with Crippen molar-refractivity contribution < 1.29 is 9.84 Å². The van der Waals surface area contributed by atoms with Gasteiger partial charge in [-0.05, 0) is 18.6 Å². The molecule has 0 saturated heterocycles. The molecule has 0 fully saturated rings. The standard InChI is InChI=1S/C15H14O2/c16-14-7-3-1-5-12(14)11-9-10-17-15-8-4-2-6-13(11)15/h1-8,11,16H,9-10H2. The fraction of sp³-hybridized carbons (Fsp3) is 0.200. The summed E-state index contributed by atoms with van der Waals surface area (Å²) in [7, 11) is 0. The first-order valence-corrected chi connectivity index (χ1v) is 5.86. The normalized spacial score (nSPS) is 18.2. The van der Waals surface area contributed by atoms with Gasteiger partial charge in [-0.2, -0.15) is 0 Å². The molecule has 0 saturated carbocycles. The first-order valence-electron chi connectivity index (χ1n) is 5.86. The van der Waals surface area contributed by atoms with Crippen LogP contribution in [-0.4, -0.2) is 11.7 Å². The second kappa shape index (κ2) is 4.13. The molecular formula is C15H14O2. The molecule has 1 atom stereocenters. The second-order valence-corrected chi connectivity index (χ2v) is 4.29. The van der Waals surface area contributed by atoms with E-state index in [0.717, 1.165) is 17.7 Å². The van der Waals surface area contributed by atoms with E-state index in [2.05, 4.69) is 6.07 Å². The highest BCUT2D eigenvalue weighted by Crippen LogP contribution is 2.40. The van der Waals surface area contributed by atoms with Crippen LogP contribution in [0.4, 0.5) is 0 Å². The van der Waals surface area contributed by atoms with Crippen LogP contribution >= 0.6 is 0 Å². The number of ether oxygens (including phenoxy) is 1. The summed E-state index contributed by atoms with van der Waals surface area (Å²) in [6.45, 7) is 0.704. The van der Waals surface area contributed by atoms with Gasteiger partial charge in [0.15, 0.2) is 0 Å². The Kier molecular flexibility index (Phi) is 2.48. The fourth-order valence-corrected chi connectivity index (χ4v) is 2.45. The van der Waals surface area contributed by atoms with Gasteiger partial charge in [-0.25, -0.2) is 0 Å². The lowest BCUT2D eigenvalue weighted by Crippen LogP contribution is -2.15. The van der Waals surface area contributed by atoms with Crippen molar-refractivity contribution >= 4 is 0 Å². The predicted octanol–water partition coefficient (Wildman–Crippen LogP) is 3.31. The van der Waals surface area contributed by atoms with Gasteiger partial charge < -0.3 is 9.84 Å². The molecule has 0 radical (unpaired) electrons. The second-order valence-electron chi connectivity index (χ2n) is 4.29. The zero-order valence-corrected chi connectivity index (χ0v) is 9.47. The molecule has 0 aromatic heterocycles. The van der Waals surface area contributed by atoms with Crippen LogP contribution in [-0.2, 0) is 0 Å². The third-order valence-corrected chi connectivity index (χ3v) is 3.27. The molecule has 2 aromatic carbocycles. The van der Waals surface area contributed by atoms with Crippen LogP contribution < -0.4 is 4.74 Å². The third-order valence-electron chi connectivity index (χ3n) is 3.27. The van der Waals surface area contributed by atoms with Crippen LogP contribution in [0.3, 0.4) is 0 Å². The molecule has 0 spiro atoms. The highest BCUT2D eigenvalue weighted by atomic mass is 16.5. The van der Waals surface area contributed by atoms with E-state index in [4.69, 9.17) is 4.74 Å². The Bertz CT molecular complexity index is 534. The molecule has 1 N–H and O–H groups in total. The maximum Gasteiger partial charge on any atom is 0.123 e. The molecule has 3 rings (SSSR count). The molecule has 86 valence electrons. The van der Waals surface area contributed by atoms with Crippen LogP contribution in [0, 0.1) is 0 Å². The predicted molar refractivity (Wildman–Crippen MR) is 66.5 cm³/mol. The lowest BCUT2D eigenvalue weighted by Gasteiger charge is -2.26. The van der Waals surface area contributed by atoms with Crippen molar-refractivity contribution in [2.75, 3.05) is 6.61 Å². The van der Waals surface area contributed by atoms with Crippen LogP contribution in [0.1, 0.15) is 23.5 Å². The van der Waals surface area contributed by atoms with E-state index in [9.17, 15) is 5.11 Å². The van der Waals surface area contributed by atoms with E-state index in [1.807, 2.05) is 36.4 Å². The lowest BCUT2D eigenvalue weighted by molar-refractivity contribution is 0.275. The molecule has 1 heterocycles. The molecule has 2 nitrogen and oxygen atoms in total. The average Bonchev–Trinajstić information content (AvgIpc) is 2.39. The molecule has 2 aromatic rings. The van der Waals surface area contributed by atoms with Crippen molar-refractivity contribution in [2.24, 2.45) is 0 Å².